The molecule has 1 aliphatic carbocycles. The first-order valence-corrected chi connectivity index (χ1v) is 7.58. The van der Waals surface area contributed by atoms with Gasteiger partial charge in [-0.1, -0.05) is 40.0 Å². The number of barbiturate groups is 1. The van der Waals surface area contributed by atoms with E-state index in [1.165, 1.54) is 11.3 Å². The molecule has 0 spiro atoms. The summed E-state index contributed by atoms with van der Waals surface area (Å²) >= 11 is 0. The zero-order valence-electron chi connectivity index (χ0n) is 12.5. The zero-order valence-corrected chi connectivity index (χ0v) is 12.5. The van der Waals surface area contributed by atoms with Gasteiger partial charge in [0.05, 0.1) is 0 Å². The fourth-order valence-corrected chi connectivity index (χ4v) is 3.29. The van der Waals surface area contributed by atoms with E-state index in [4.69, 9.17) is 0 Å². The van der Waals surface area contributed by atoms with Gasteiger partial charge in [0.15, 0.2) is 0 Å². The fraction of sp³-hybridized carbons (Fsp3) is 0.800. The van der Waals surface area contributed by atoms with Crippen molar-refractivity contribution in [2.45, 2.75) is 46.5 Å². The summed E-state index contributed by atoms with van der Waals surface area (Å²) in [7, 11) is 0. The molecule has 4 amide bonds. The lowest BCUT2D eigenvalue weighted by molar-refractivity contribution is -0.145. The van der Waals surface area contributed by atoms with Crippen molar-refractivity contribution in [3.8, 4) is 0 Å². The number of nitrogens with zero attached hydrogens (tertiary/aromatic N) is 1. The second-order valence-corrected chi connectivity index (χ2v) is 6.49. The Morgan fingerprint density at radius 1 is 1.20 bits per heavy atom. The number of hydrogen-bond acceptors (Lipinski definition) is 3. The molecule has 2 rings (SSSR count). The molecule has 0 bridgehead atoms. The van der Waals surface area contributed by atoms with Crippen LogP contribution in [0.1, 0.15) is 46.5 Å². The minimum absolute atomic E-state index is 0.0955. The van der Waals surface area contributed by atoms with Crippen LogP contribution in [0.3, 0.4) is 0 Å². The molecular formula is C15H24N2O3. The first kappa shape index (κ1) is 15.0. The highest BCUT2D eigenvalue weighted by atomic mass is 16.2. The third-order valence-corrected chi connectivity index (χ3v) is 4.66. The standard InChI is InChI=1S/C15H24N2O3/c1-9(2)12-13(18)16-15(20)17(14(12)19)8-11-7-5-4-6-10(11)3/h9-12H,4-8H2,1-3H3,(H,16,18,20). The lowest BCUT2D eigenvalue weighted by Crippen LogP contribution is -2.60. The summed E-state index contributed by atoms with van der Waals surface area (Å²) in [6.07, 6.45) is 4.59. The van der Waals surface area contributed by atoms with Crippen molar-refractivity contribution in [1.82, 2.24) is 10.2 Å². The van der Waals surface area contributed by atoms with Crippen molar-refractivity contribution < 1.29 is 14.4 Å². The van der Waals surface area contributed by atoms with Crippen molar-refractivity contribution in [3.05, 3.63) is 0 Å². The van der Waals surface area contributed by atoms with E-state index in [2.05, 4.69) is 12.2 Å². The molecular weight excluding hydrogens is 256 g/mol. The van der Waals surface area contributed by atoms with Crippen LogP contribution in [0.25, 0.3) is 0 Å². The van der Waals surface area contributed by atoms with Crippen molar-refractivity contribution in [2.24, 2.45) is 23.7 Å². The summed E-state index contributed by atoms with van der Waals surface area (Å²) in [6.45, 7) is 6.29. The normalized spacial score (nSPS) is 31.7. The van der Waals surface area contributed by atoms with Gasteiger partial charge in [0.2, 0.25) is 11.8 Å². The molecule has 0 radical (unpaired) electrons. The second-order valence-electron chi connectivity index (χ2n) is 6.49. The average Bonchev–Trinajstić information content (AvgIpc) is 2.35. The first-order chi connectivity index (χ1) is 9.41. The van der Waals surface area contributed by atoms with E-state index in [0.717, 1.165) is 19.3 Å². The highest BCUT2D eigenvalue weighted by molar-refractivity contribution is 6.16. The summed E-state index contributed by atoms with van der Waals surface area (Å²) in [5.41, 5.74) is 0. The van der Waals surface area contributed by atoms with Crippen LogP contribution in [0.15, 0.2) is 0 Å². The van der Waals surface area contributed by atoms with Crippen molar-refractivity contribution in [3.63, 3.8) is 0 Å². The average molecular weight is 280 g/mol. The first-order valence-electron chi connectivity index (χ1n) is 7.58. The Bertz CT molecular complexity index is 419. The number of imide groups is 2. The van der Waals surface area contributed by atoms with Crippen molar-refractivity contribution in [2.75, 3.05) is 6.54 Å². The smallest absolute Gasteiger partial charge is 0.277 e. The van der Waals surface area contributed by atoms with E-state index in [9.17, 15) is 14.4 Å². The summed E-state index contributed by atoms with van der Waals surface area (Å²) in [4.78, 5) is 37.4. The molecule has 3 unspecified atom stereocenters. The molecule has 0 aromatic carbocycles. The number of urea groups is 1. The molecule has 2 aliphatic rings. The third-order valence-electron chi connectivity index (χ3n) is 4.66. The molecule has 1 heterocycles. The van der Waals surface area contributed by atoms with Crippen LogP contribution in [0.2, 0.25) is 0 Å². The summed E-state index contributed by atoms with van der Waals surface area (Å²) < 4.78 is 0. The molecule has 5 nitrogen and oxygen atoms in total. The van der Waals surface area contributed by atoms with Crippen LogP contribution in [-0.4, -0.2) is 29.3 Å². The molecule has 2 fully saturated rings. The van der Waals surface area contributed by atoms with Crippen LogP contribution >= 0.6 is 0 Å². The lowest BCUT2D eigenvalue weighted by Gasteiger charge is -2.37. The maximum absolute atomic E-state index is 12.4. The Labute approximate surface area is 120 Å². The molecule has 1 saturated carbocycles. The van der Waals surface area contributed by atoms with Crippen LogP contribution in [0.5, 0.6) is 0 Å². The van der Waals surface area contributed by atoms with Gasteiger partial charge in [-0.25, -0.2) is 4.79 Å². The van der Waals surface area contributed by atoms with E-state index < -0.39 is 17.9 Å². The van der Waals surface area contributed by atoms with Crippen LogP contribution in [-0.2, 0) is 9.59 Å². The molecule has 20 heavy (non-hydrogen) atoms. The molecule has 0 aromatic heterocycles. The maximum Gasteiger partial charge on any atom is 0.330 e. The van der Waals surface area contributed by atoms with Gasteiger partial charge >= 0.3 is 6.03 Å². The largest absolute Gasteiger partial charge is 0.330 e. The van der Waals surface area contributed by atoms with Crippen LogP contribution < -0.4 is 5.32 Å². The molecule has 0 aromatic rings. The van der Waals surface area contributed by atoms with E-state index in [1.807, 2.05) is 13.8 Å². The Morgan fingerprint density at radius 3 is 2.45 bits per heavy atom. The maximum atomic E-state index is 12.4. The topological polar surface area (TPSA) is 66.5 Å². The van der Waals surface area contributed by atoms with Gasteiger partial charge in [0, 0.05) is 6.54 Å². The monoisotopic (exact) mass is 280 g/mol. The lowest BCUT2D eigenvalue weighted by atomic mass is 9.80. The Kier molecular flexibility index (Phi) is 4.45. The van der Waals surface area contributed by atoms with Gasteiger partial charge in [-0.3, -0.25) is 19.8 Å². The molecule has 1 aliphatic heterocycles. The number of rotatable bonds is 3. The molecule has 1 N–H and O–H groups in total. The minimum atomic E-state index is -0.730. The number of carbonyl (C=O) groups is 3. The van der Waals surface area contributed by atoms with Crippen molar-refractivity contribution in [1.29, 1.82) is 0 Å². The van der Waals surface area contributed by atoms with Crippen LogP contribution in [0.4, 0.5) is 4.79 Å². The highest BCUT2D eigenvalue weighted by Crippen LogP contribution is 2.31. The van der Waals surface area contributed by atoms with Gasteiger partial charge in [-0.05, 0) is 24.2 Å². The summed E-state index contributed by atoms with van der Waals surface area (Å²) in [5.74, 6) is -0.720. The highest BCUT2D eigenvalue weighted by Gasteiger charge is 2.43. The predicted octanol–water partition coefficient (Wildman–Crippen LogP) is 2.16. The fourth-order valence-electron chi connectivity index (χ4n) is 3.29. The molecule has 1 saturated heterocycles. The quantitative estimate of drug-likeness (QED) is 0.806. The van der Waals surface area contributed by atoms with E-state index >= 15 is 0 Å². The zero-order chi connectivity index (χ0) is 14.9. The van der Waals surface area contributed by atoms with Gasteiger partial charge in [-0.2, -0.15) is 0 Å². The minimum Gasteiger partial charge on any atom is -0.277 e. The van der Waals surface area contributed by atoms with Gasteiger partial charge in [0.1, 0.15) is 5.92 Å². The van der Waals surface area contributed by atoms with Crippen molar-refractivity contribution >= 4 is 17.8 Å². The van der Waals surface area contributed by atoms with Gasteiger partial charge in [0.25, 0.3) is 0 Å². The number of amides is 4. The predicted molar refractivity (Wildman–Crippen MR) is 74.7 cm³/mol. The second kappa shape index (κ2) is 5.94. The number of carbonyl (C=O) groups excluding carboxylic acids is 3. The van der Waals surface area contributed by atoms with Crippen LogP contribution in [0, 0.1) is 23.7 Å². The van der Waals surface area contributed by atoms with E-state index in [0.29, 0.717) is 18.4 Å². The number of hydrogen-bond donors (Lipinski definition) is 1. The Balaban J connectivity index is 2.11. The summed E-state index contributed by atoms with van der Waals surface area (Å²) in [5, 5.41) is 2.32. The summed E-state index contributed by atoms with van der Waals surface area (Å²) in [6, 6.07) is -0.547. The SMILES string of the molecule is CC(C)C1C(=O)NC(=O)N(CC2CCCCC2C)C1=O. The Morgan fingerprint density at radius 2 is 1.85 bits per heavy atom. The molecule has 5 heteroatoms. The van der Waals surface area contributed by atoms with E-state index in [-0.39, 0.29) is 11.8 Å². The molecule has 112 valence electrons. The third kappa shape index (κ3) is 2.86. The number of nitrogens with one attached hydrogen (secondary N) is 1. The van der Waals surface area contributed by atoms with Gasteiger partial charge < -0.3 is 0 Å². The van der Waals surface area contributed by atoms with Gasteiger partial charge in [-0.15, -0.1) is 0 Å². The van der Waals surface area contributed by atoms with E-state index in [1.54, 1.807) is 0 Å². The molecule has 3 atom stereocenters. The Hall–Kier alpha value is -1.39.